The monoisotopic (exact) mass is 373 g/mol. The number of thiazole rings is 1. The SMILES string of the molecule is CCOc1ccc2nc(NC(=O)c3ccc(F)c(NC(C)=O)c3)sc2c1. The molecule has 0 aliphatic carbocycles. The summed E-state index contributed by atoms with van der Waals surface area (Å²) >= 11 is 1.31. The molecule has 6 nitrogen and oxygen atoms in total. The summed E-state index contributed by atoms with van der Waals surface area (Å²) in [6, 6.07) is 9.25. The number of hydrogen-bond donors (Lipinski definition) is 2. The molecule has 0 bridgehead atoms. The summed E-state index contributed by atoms with van der Waals surface area (Å²) in [5.41, 5.74) is 0.909. The van der Waals surface area contributed by atoms with Crippen LogP contribution in [-0.4, -0.2) is 23.4 Å². The molecular weight excluding hydrogens is 357 g/mol. The summed E-state index contributed by atoms with van der Waals surface area (Å²) in [7, 11) is 0. The number of hydrogen-bond acceptors (Lipinski definition) is 5. The van der Waals surface area contributed by atoms with Crippen molar-refractivity contribution in [3.63, 3.8) is 0 Å². The maximum absolute atomic E-state index is 13.7. The third kappa shape index (κ3) is 3.97. The molecule has 0 saturated carbocycles. The first-order chi connectivity index (χ1) is 12.5. The summed E-state index contributed by atoms with van der Waals surface area (Å²) in [5.74, 6) is -0.737. The molecule has 3 rings (SSSR count). The van der Waals surface area contributed by atoms with E-state index in [0.29, 0.717) is 11.7 Å². The van der Waals surface area contributed by atoms with Crippen LogP contribution >= 0.6 is 11.3 Å². The summed E-state index contributed by atoms with van der Waals surface area (Å²) in [5, 5.41) is 5.46. The highest BCUT2D eigenvalue weighted by molar-refractivity contribution is 7.22. The first kappa shape index (κ1) is 17.8. The predicted molar refractivity (Wildman–Crippen MR) is 99.4 cm³/mol. The quantitative estimate of drug-likeness (QED) is 0.707. The molecule has 0 radical (unpaired) electrons. The fraction of sp³-hybridized carbons (Fsp3) is 0.167. The number of anilines is 2. The molecule has 2 N–H and O–H groups in total. The Kier molecular flexibility index (Phi) is 5.13. The zero-order valence-corrected chi connectivity index (χ0v) is 14.9. The number of carbonyl (C=O) groups is 2. The molecule has 0 fully saturated rings. The van der Waals surface area contributed by atoms with Crippen molar-refractivity contribution in [2.75, 3.05) is 17.2 Å². The van der Waals surface area contributed by atoms with E-state index in [4.69, 9.17) is 4.74 Å². The zero-order valence-electron chi connectivity index (χ0n) is 14.1. The van der Waals surface area contributed by atoms with E-state index in [2.05, 4.69) is 15.6 Å². The molecule has 0 aliphatic rings. The van der Waals surface area contributed by atoms with Crippen LogP contribution < -0.4 is 15.4 Å². The number of rotatable bonds is 5. The van der Waals surface area contributed by atoms with Crippen molar-refractivity contribution in [1.29, 1.82) is 0 Å². The van der Waals surface area contributed by atoms with Crippen molar-refractivity contribution < 1.29 is 18.7 Å². The van der Waals surface area contributed by atoms with Crippen LogP contribution in [0.5, 0.6) is 5.75 Å². The molecule has 2 amide bonds. The lowest BCUT2D eigenvalue weighted by molar-refractivity contribution is -0.114. The number of halogens is 1. The van der Waals surface area contributed by atoms with Crippen molar-refractivity contribution in [2.24, 2.45) is 0 Å². The average Bonchev–Trinajstić information content (AvgIpc) is 2.98. The number of benzene rings is 2. The summed E-state index contributed by atoms with van der Waals surface area (Å²) in [4.78, 5) is 27.9. The highest BCUT2D eigenvalue weighted by atomic mass is 32.1. The van der Waals surface area contributed by atoms with Gasteiger partial charge in [0.05, 0.1) is 22.5 Å². The number of aromatic nitrogens is 1. The Bertz CT molecular complexity index is 987. The number of carbonyl (C=O) groups excluding carboxylic acids is 2. The van der Waals surface area contributed by atoms with Crippen molar-refractivity contribution in [2.45, 2.75) is 13.8 Å². The van der Waals surface area contributed by atoms with Crippen LogP contribution in [0.25, 0.3) is 10.2 Å². The Morgan fingerprint density at radius 2 is 2.00 bits per heavy atom. The number of nitrogens with zero attached hydrogens (tertiary/aromatic N) is 1. The molecule has 1 heterocycles. The normalized spacial score (nSPS) is 10.6. The third-order valence-electron chi connectivity index (χ3n) is 3.43. The smallest absolute Gasteiger partial charge is 0.257 e. The Labute approximate surface area is 153 Å². The maximum Gasteiger partial charge on any atom is 0.257 e. The highest BCUT2D eigenvalue weighted by Crippen LogP contribution is 2.29. The lowest BCUT2D eigenvalue weighted by Crippen LogP contribution is -2.13. The number of ether oxygens (including phenoxy) is 1. The Morgan fingerprint density at radius 3 is 2.73 bits per heavy atom. The van der Waals surface area contributed by atoms with E-state index < -0.39 is 17.6 Å². The van der Waals surface area contributed by atoms with Gasteiger partial charge in [0, 0.05) is 12.5 Å². The third-order valence-corrected chi connectivity index (χ3v) is 4.36. The molecule has 0 aliphatic heterocycles. The molecule has 3 aromatic rings. The lowest BCUT2D eigenvalue weighted by Gasteiger charge is -2.07. The first-order valence-electron chi connectivity index (χ1n) is 7.88. The molecule has 8 heteroatoms. The fourth-order valence-corrected chi connectivity index (χ4v) is 3.23. The van der Waals surface area contributed by atoms with E-state index in [9.17, 15) is 14.0 Å². The van der Waals surface area contributed by atoms with Crippen LogP contribution in [0.2, 0.25) is 0 Å². The molecular formula is C18H16FN3O3S. The van der Waals surface area contributed by atoms with Gasteiger partial charge in [-0.1, -0.05) is 11.3 Å². The Balaban J connectivity index is 1.81. The van der Waals surface area contributed by atoms with Crippen LogP contribution in [0.4, 0.5) is 15.2 Å². The van der Waals surface area contributed by atoms with Crippen LogP contribution in [0.3, 0.4) is 0 Å². The van der Waals surface area contributed by atoms with E-state index in [1.54, 1.807) is 0 Å². The second-order valence-corrected chi connectivity index (χ2v) is 6.44. The van der Waals surface area contributed by atoms with Gasteiger partial charge in [0.15, 0.2) is 5.13 Å². The molecule has 1 aromatic heterocycles. The molecule has 0 spiro atoms. The number of nitrogens with one attached hydrogen (secondary N) is 2. The van der Waals surface area contributed by atoms with E-state index >= 15 is 0 Å². The van der Waals surface area contributed by atoms with Crippen LogP contribution in [0, 0.1) is 5.82 Å². The molecule has 2 aromatic carbocycles. The van der Waals surface area contributed by atoms with Gasteiger partial charge in [0.25, 0.3) is 5.91 Å². The van der Waals surface area contributed by atoms with Gasteiger partial charge < -0.3 is 10.1 Å². The van der Waals surface area contributed by atoms with Crippen LogP contribution in [0.15, 0.2) is 36.4 Å². The number of amides is 2. The van der Waals surface area contributed by atoms with Crippen molar-refractivity contribution in [3.05, 3.63) is 47.8 Å². The minimum Gasteiger partial charge on any atom is -0.494 e. The van der Waals surface area contributed by atoms with Crippen molar-refractivity contribution in [3.8, 4) is 5.75 Å². The van der Waals surface area contributed by atoms with Gasteiger partial charge in [-0.15, -0.1) is 0 Å². The Hall–Kier alpha value is -3.00. The van der Waals surface area contributed by atoms with Crippen LogP contribution in [-0.2, 0) is 4.79 Å². The van der Waals surface area contributed by atoms with Crippen molar-refractivity contribution >= 4 is 44.2 Å². The van der Waals surface area contributed by atoms with Gasteiger partial charge in [-0.25, -0.2) is 9.37 Å². The second-order valence-electron chi connectivity index (χ2n) is 5.41. The summed E-state index contributed by atoms with van der Waals surface area (Å²) in [6.07, 6.45) is 0. The van der Waals surface area contributed by atoms with Crippen molar-refractivity contribution in [1.82, 2.24) is 4.98 Å². The molecule has 26 heavy (non-hydrogen) atoms. The molecule has 0 unspecified atom stereocenters. The van der Waals surface area contributed by atoms with Gasteiger partial charge in [-0.05, 0) is 43.3 Å². The van der Waals surface area contributed by atoms with Gasteiger partial charge in [-0.2, -0.15) is 0 Å². The molecule has 0 atom stereocenters. The second kappa shape index (κ2) is 7.49. The highest BCUT2D eigenvalue weighted by Gasteiger charge is 2.13. The first-order valence-corrected chi connectivity index (χ1v) is 8.70. The topological polar surface area (TPSA) is 80.3 Å². The van der Waals surface area contributed by atoms with E-state index in [-0.39, 0.29) is 11.3 Å². The van der Waals surface area contributed by atoms with Gasteiger partial charge in [0.2, 0.25) is 5.91 Å². The predicted octanol–water partition coefficient (Wildman–Crippen LogP) is 4.04. The Morgan fingerprint density at radius 1 is 1.19 bits per heavy atom. The summed E-state index contributed by atoms with van der Waals surface area (Å²) < 4.78 is 20.0. The van der Waals surface area contributed by atoms with E-state index in [1.165, 1.54) is 30.4 Å². The molecule has 0 saturated heterocycles. The maximum atomic E-state index is 13.7. The van der Waals surface area contributed by atoms with Gasteiger partial charge >= 0.3 is 0 Å². The minimum absolute atomic E-state index is 0.0455. The molecule has 134 valence electrons. The van der Waals surface area contributed by atoms with Crippen LogP contribution in [0.1, 0.15) is 24.2 Å². The minimum atomic E-state index is -0.611. The standard InChI is InChI=1S/C18H16FN3O3S/c1-3-25-12-5-7-14-16(9-12)26-18(21-14)22-17(24)11-4-6-13(19)15(8-11)20-10(2)23/h4-9H,3H2,1-2H3,(H,20,23)(H,21,22,24). The average molecular weight is 373 g/mol. The van der Waals surface area contributed by atoms with Gasteiger partial charge in [0.1, 0.15) is 11.6 Å². The fourth-order valence-electron chi connectivity index (χ4n) is 2.34. The van der Waals surface area contributed by atoms with E-state index in [0.717, 1.165) is 22.0 Å². The summed E-state index contributed by atoms with van der Waals surface area (Å²) in [6.45, 7) is 3.74. The zero-order chi connectivity index (χ0) is 18.7. The van der Waals surface area contributed by atoms with E-state index in [1.807, 2.05) is 25.1 Å². The lowest BCUT2D eigenvalue weighted by atomic mass is 10.2. The largest absolute Gasteiger partial charge is 0.494 e. The van der Waals surface area contributed by atoms with Gasteiger partial charge in [-0.3, -0.25) is 14.9 Å². The number of fused-ring (bicyclic) bond motifs is 1.